The molecule has 4 amide bonds. The van der Waals surface area contributed by atoms with Crippen LogP contribution in [0.1, 0.15) is 50.5 Å². The molecule has 0 bridgehead atoms. The molecule has 8 heteroatoms. The Hall–Kier alpha value is -3.68. The van der Waals surface area contributed by atoms with Gasteiger partial charge in [0.1, 0.15) is 5.75 Å². The van der Waals surface area contributed by atoms with Gasteiger partial charge < -0.3 is 15.4 Å². The Morgan fingerprint density at radius 3 is 2.23 bits per heavy atom. The monoisotopic (exact) mass is 409 g/mol. The number of ether oxygens (including phenoxy) is 1. The predicted octanol–water partition coefficient (Wildman–Crippen LogP) is 1.75. The molecule has 30 heavy (non-hydrogen) atoms. The predicted molar refractivity (Wildman–Crippen MR) is 109 cm³/mol. The van der Waals surface area contributed by atoms with Gasteiger partial charge in [-0.05, 0) is 43.7 Å². The smallest absolute Gasteiger partial charge is 0.261 e. The summed E-state index contributed by atoms with van der Waals surface area (Å²) in [5, 5.41) is 5.24. The first-order valence-electron chi connectivity index (χ1n) is 9.51. The molecule has 0 radical (unpaired) electrons. The van der Waals surface area contributed by atoms with Crippen molar-refractivity contribution in [2.45, 2.75) is 26.4 Å². The van der Waals surface area contributed by atoms with Crippen molar-refractivity contribution in [1.82, 2.24) is 15.5 Å². The van der Waals surface area contributed by atoms with Crippen LogP contribution in [0, 0.1) is 0 Å². The number of nitrogens with one attached hydrogen (secondary N) is 2. The zero-order valence-electron chi connectivity index (χ0n) is 17.0. The summed E-state index contributed by atoms with van der Waals surface area (Å²) >= 11 is 0. The molecule has 0 spiro atoms. The Bertz CT molecular complexity index is 981. The molecule has 2 aromatic carbocycles. The number of hydrogen-bond donors (Lipinski definition) is 2. The van der Waals surface area contributed by atoms with Crippen LogP contribution in [0.25, 0.3) is 0 Å². The quantitative estimate of drug-likeness (QED) is 0.678. The van der Waals surface area contributed by atoms with E-state index in [-0.39, 0.29) is 42.4 Å². The van der Waals surface area contributed by atoms with Crippen LogP contribution in [0.3, 0.4) is 0 Å². The van der Waals surface area contributed by atoms with Crippen molar-refractivity contribution < 1.29 is 23.9 Å². The second-order valence-corrected chi connectivity index (χ2v) is 7.18. The lowest BCUT2D eigenvalue weighted by Crippen LogP contribution is -2.39. The standard InChI is InChI=1S/C22H23N3O5/c1-13(2)24-19(26)11-23-20(27)17-10-14(8-9-18(17)30-3)12-25-21(28)15-6-4-5-7-16(15)22(25)29/h4-10,13H,11-12H2,1-3H3,(H,23,27)(H,24,26). The third-order valence-corrected chi connectivity index (χ3v) is 4.59. The topological polar surface area (TPSA) is 105 Å². The molecule has 0 saturated heterocycles. The number of carbonyl (C=O) groups excluding carboxylic acids is 4. The molecule has 2 N–H and O–H groups in total. The first-order valence-corrected chi connectivity index (χ1v) is 9.51. The minimum absolute atomic E-state index is 0.0183. The summed E-state index contributed by atoms with van der Waals surface area (Å²) in [6, 6.07) is 11.4. The van der Waals surface area contributed by atoms with Crippen LogP contribution in [0.5, 0.6) is 5.75 Å². The van der Waals surface area contributed by atoms with E-state index in [0.717, 1.165) is 4.90 Å². The normalized spacial score (nSPS) is 12.7. The van der Waals surface area contributed by atoms with Crippen LogP contribution in [-0.4, -0.2) is 48.2 Å². The van der Waals surface area contributed by atoms with E-state index in [1.165, 1.54) is 7.11 Å². The Kier molecular flexibility index (Phi) is 6.15. The van der Waals surface area contributed by atoms with Gasteiger partial charge in [-0.25, -0.2) is 0 Å². The van der Waals surface area contributed by atoms with E-state index < -0.39 is 5.91 Å². The van der Waals surface area contributed by atoms with E-state index in [9.17, 15) is 19.2 Å². The highest BCUT2D eigenvalue weighted by Gasteiger charge is 2.35. The van der Waals surface area contributed by atoms with E-state index in [4.69, 9.17) is 4.74 Å². The lowest BCUT2D eigenvalue weighted by molar-refractivity contribution is -0.120. The van der Waals surface area contributed by atoms with E-state index in [1.54, 1.807) is 42.5 Å². The Balaban J connectivity index is 1.76. The lowest BCUT2D eigenvalue weighted by atomic mass is 10.1. The molecule has 0 fully saturated rings. The number of hydrogen-bond acceptors (Lipinski definition) is 5. The molecule has 1 heterocycles. The summed E-state index contributed by atoms with van der Waals surface area (Å²) in [5.74, 6) is -1.22. The molecule has 0 aliphatic carbocycles. The maximum atomic E-state index is 12.6. The van der Waals surface area contributed by atoms with Crippen molar-refractivity contribution in [2.75, 3.05) is 13.7 Å². The van der Waals surface area contributed by atoms with Gasteiger partial charge in [-0.15, -0.1) is 0 Å². The van der Waals surface area contributed by atoms with Crippen molar-refractivity contribution in [2.24, 2.45) is 0 Å². The molecule has 1 aliphatic rings. The van der Waals surface area contributed by atoms with Gasteiger partial charge in [0.15, 0.2) is 0 Å². The molecule has 1 aliphatic heterocycles. The van der Waals surface area contributed by atoms with Crippen LogP contribution in [0.4, 0.5) is 0 Å². The molecule has 0 atom stereocenters. The SMILES string of the molecule is COc1ccc(CN2C(=O)c3ccccc3C2=O)cc1C(=O)NCC(=O)NC(C)C. The van der Waals surface area contributed by atoms with Gasteiger partial charge in [-0.3, -0.25) is 24.1 Å². The zero-order chi connectivity index (χ0) is 21.8. The number of fused-ring (bicyclic) bond motifs is 1. The van der Waals surface area contributed by atoms with Crippen LogP contribution in [-0.2, 0) is 11.3 Å². The molecule has 0 aromatic heterocycles. The lowest BCUT2D eigenvalue weighted by Gasteiger charge is -2.16. The Morgan fingerprint density at radius 1 is 1.03 bits per heavy atom. The maximum absolute atomic E-state index is 12.6. The number of rotatable bonds is 7. The van der Waals surface area contributed by atoms with Gasteiger partial charge in [0.25, 0.3) is 17.7 Å². The maximum Gasteiger partial charge on any atom is 0.261 e. The number of imide groups is 1. The van der Waals surface area contributed by atoms with Crippen molar-refractivity contribution in [1.29, 1.82) is 0 Å². The van der Waals surface area contributed by atoms with E-state index >= 15 is 0 Å². The number of carbonyl (C=O) groups is 4. The number of methoxy groups -OCH3 is 1. The number of benzene rings is 2. The van der Waals surface area contributed by atoms with Crippen molar-refractivity contribution in [3.63, 3.8) is 0 Å². The summed E-state index contributed by atoms with van der Waals surface area (Å²) in [6.45, 7) is 3.49. The molecular weight excluding hydrogens is 386 g/mol. The van der Waals surface area contributed by atoms with Crippen LogP contribution in [0.2, 0.25) is 0 Å². The van der Waals surface area contributed by atoms with Gasteiger partial charge in [0.2, 0.25) is 5.91 Å². The molecule has 2 aromatic rings. The van der Waals surface area contributed by atoms with Crippen molar-refractivity contribution in [3.8, 4) is 5.75 Å². The molecular formula is C22H23N3O5. The van der Waals surface area contributed by atoms with Crippen LogP contribution >= 0.6 is 0 Å². The van der Waals surface area contributed by atoms with E-state index in [0.29, 0.717) is 22.4 Å². The van der Waals surface area contributed by atoms with Crippen molar-refractivity contribution >= 4 is 23.6 Å². The summed E-state index contributed by atoms with van der Waals surface area (Å²) in [4.78, 5) is 50.7. The first kappa shape index (κ1) is 21.0. The molecule has 3 rings (SSSR count). The largest absolute Gasteiger partial charge is 0.496 e. The fourth-order valence-electron chi connectivity index (χ4n) is 3.23. The minimum Gasteiger partial charge on any atom is -0.496 e. The molecule has 156 valence electrons. The highest BCUT2D eigenvalue weighted by molar-refractivity contribution is 6.21. The van der Waals surface area contributed by atoms with Crippen molar-refractivity contribution in [3.05, 3.63) is 64.7 Å². The summed E-state index contributed by atoms with van der Waals surface area (Å²) in [5.41, 5.74) is 1.53. The molecule has 0 unspecified atom stereocenters. The fourth-order valence-corrected chi connectivity index (χ4v) is 3.23. The zero-order valence-corrected chi connectivity index (χ0v) is 17.0. The van der Waals surface area contributed by atoms with Gasteiger partial charge in [-0.1, -0.05) is 18.2 Å². The molecule has 0 saturated carbocycles. The number of amides is 4. The number of nitrogens with zero attached hydrogens (tertiary/aromatic N) is 1. The van der Waals surface area contributed by atoms with Gasteiger partial charge in [0, 0.05) is 6.04 Å². The molecule has 8 nitrogen and oxygen atoms in total. The van der Waals surface area contributed by atoms with Gasteiger partial charge in [0.05, 0.1) is 36.9 Å². The van der Waals surface area contributed by atoms with E-state index in [1.807, 2.05) is 13.8 Å². The summed E-state index contributed by atoms with van der Waals surface area (Å²) in [7, 11) is 1.43. The average molecular weight is 409 g/mol. The van der Waals surface area contributed by atoms with Crippen LogP contribution < -0.4 is 15.4 Å². The van der Waals surface area contributed by atoms with Gasteiger partial charge in [-0.2, -0.15) is 0 Å². The highest BCUT2D eigenvalue weighted by Crippen LogP contribution is 2.26. The third-order valence-electron chi connectivity index (χ3n) is 4.59. The Morgan fingerprint density at radius 2 is 1.67 bits per heavy atom. The fraction of sp³-hybridized carbons (Fsp3) is 0.273. The van der Waals surface area contributed by atoms with Gasteiger partial charge >= 0.3 is 0 Å². The minimum atomic E-state index is -0.491. The highest BCUT2D eigenvalue weighted by atomic mass is 16.5. The second-order valence-electron chi connectivity index (χ2n) is 7.18. The first-order chi connectivity index (χ1) is 14.3. The summed E-state index contributed by atoms with van der Waals surface area (Å²) < 4.78 is 5.25. The average Bonchev–Trinajstić information content (AvgIpc) is 2.96. The second kappa shape index (κ2) is 8.77. The third kappa shape index (κ3) is 4.32. The summed E-state index contributed by atoms with van der Waals surface area (Å²) in [6.07, 6.45) is 0. The Labute approximate surface area is 174 Å². The van der Waals surface area contributed by atoms with E-state index in [2.05, 4.69) is 10.6 Å². The van der Waals surface area contributed by atoms with Crippen LogP contribution in [0.15, 0.2) is 42.5 Å².